The number of aromatic amines is 1. The first-order valence-electron chi connectivity index (χ1n) is 5.17. The first kappa shape index (κ1) is 9.54. The molecule has 4 heteroatoms. The Hall–Kier alpha value is -1.68. The summed E-state index contributed by atoms with van der Waals surface area (Å²) in [6, 6.07) is 4.34. The summed E-state index contributed by atoms with van der Waals surface area (Å²) in [7, 11) is 0. The molecule has 0 spiro atoms. The van der Waals surface area contributed by atoms with Gasteiger partial charge in [0.15, 0.2) is 0 Å². The van der Waals surface area contributed by atoms with E-state index in [9.17, 15) is 9.18 Å². The minimum Gasteiger partial charge on any atom is -0.375 e. The highest BCUT2D eigenvalue weighted by Crippen LogP contribution is 2.22. The third kappa shape index (κ3) is 1.34. The molecule has 0 amide bonds. The van der Waals surface area contributed by atoms with E-state index >= 15 is 0 Å². The lowest BCUT2D eigenvalue weighted by molar-refractivity contribution is 0.108. The molecule has 82 valence electrons. The first-order chi connectivity index (χ1) is 7.75. The SMILES string of the molecule is O=c1[nH]c2c(c3ccc(F)cc13)CCOC2. The number of ether oxygens (including phenoxy) is 1. The van der Waals surface area contributed by atoms with E-state index in [0.29, 0.717) is 18.6 Å². The van der Waals surface area contributed by atoms with Crippen LogP contribution in [0.4, 0.5) is 4.39 Å². The van der Waals surface area contributed by atoms with Crippen molar-refractivity contribution in [2.75, 3.05) is 6.61 Å². The molecule has 0 atom stereocenters. The highest BCUT2D eigenvalue weighted by atomic mass is 19.1. The predicted octanol–water partition coefficient (Wildman–Crippen LogP) is 1.74. The number of rotatable bonds is 0. The molecule has 3 nitrogen and oxygen atoms in total. The van der Waals surface area contributed by atoms with Crippen molar-refractivity contribution >= 4 is 10.8 Å². The average Bonchev–Trinajstić information content (AvgIpc) is 2.29. The Bertz CT molecular complexity index is 618. The molecule has 0 unspecified atom stereocenters. The molecule has 0 fully saturated rings. The third-order valence-electron chi connectivity index (χ3n) is 2.92. The predicted molar refractivity (Wildman–Crippen MR) is 57.9 cm³/mol. The molecule has 1 aliphatic rings. The molecular weight excluding hydrogens is 209 g/mol. The third-order valence-corrected chi connectivity index (χ3v) is 2.92. The zero-order valence-electron chi connectivity index (χ0n) is 8.55. The number of hydrogen-bond acceptors (Lipinski definition) is 2. The second-order valence-electron chi connectivity index (χ2n) is 3.90. The average molecular weight is 219 g/mol. The molecule has 1 aliphatic heterocycles. The smallest absolute Gasteiger partial charge is 0.256 e. The lowest BCUT2D eigenvalue weighted by Crippen LogP contribution is -2.19. The van der Waals surface area contributed by atoms with Crippen molar-refractivity contribution in [2.24, 2.45) is 0 Å². The molecule has 0 bridgehead atoms. The molecule has 1 N–H and O–H groups in total. The number of pyridine rings is 1. The summed E-state index contributed by atoms with van der Waals surface area (Å²) in [6.45, 7) is 1.07. The molecule has 1 aromatic heterocycles. The minimum absolute atomic E-state index is 0.251. The fourth-order valence-electron chi connectivity index (χ4n) is 2.17. The van der Waals surface area contributed by atoms with Gasteiger partial charge in [-0.1, -0.05) is 6.07 Å². The van der Waals surface area contributed by atoms with E-state index in [-0.39, 0.29) is 11.4 Å². The van der Waals surface area contributed by atoms with Crippen LogP contribution in [-0.4, -0.2) is 11.6 Å². The first-order valence-corrected chi connectivity index (χ1v) is 5.17. The zero-order chi connectivity index (χ0) is 11.1. The Balaban J connectivity index is 2.42. The standard InChI is InChI=1S/C12H10FNO2/c13-7-1-2-8-9-3-4-16-6-11(9)14-12(15)10(8)5-7/h1-2,5H,3-4,6H2,(H,14,15). The Morgan fingerprint density at radius 2 is 2.19 bits per heavy atom. The minimum atomic E-state index is -0.384. The quantitative estimate of drug-likeness (QED) is 0.733. The molecule has 0 saturated carbocycles. The summed E-state index contributed by atoms with van der Waals surface area (Å²) in [5, 5.41) is 1.25. The highest BCUT2D eigenvalue weighted by Gasteiger charge is 2.15. The van der Waals surface area contributed by atoms with Crippen LogP contribution >= 0.6 is 0 Å². The van der Waals surface area contributed by atoms with Gasteiger partial charge < -0.3 is 9.72 Å². The molecular formula is C12H10FNO2. The van der Waals surface area contributed by atoms with E-state index in [2.05, 4.69) is 4.98 Å². The fourth-order valence-corrected chi connectivity index (χ4v) is 2.17. The maximum Gasteiger partial charge on any atom is 0.256 e. The van der Waals surface area contributed by atoms with Crippen LogP contribution < -0.4 is 5.56 Å². The van der Waals surface area contributed by atoms with Gasteiger partial charge in [-0.3, -0.25) is 4.79 Å². The Morgan fingerprint density at radius 3 is 3.06 bits per heavy atom. The zero-order valence-corrected chi connectivity index (χ0v) is 8.55. The van der Waals surface area contributed by atoms with Gasteiger partial charge in [0, 0.05) is 5.69 Å². The van der Waals surface area contributed by atoms with Crippen molar-refractivity contribution < 1.29 is 9.13 Å². The number of halogens is 1. The van der Waals surface area contributed by atoms with Gasteiger partial charge in [0.25, 0.3) is 5.56 Å². The van der Waals surface area contributed by atoms with Crippen molar-refractivity contribution in [3.63, 3.8) is 0 Å². The van der Waals surface area contributed by atoms with Crippen LogP contribution in [0.3, 0.4) is 0 Å². The van der Waals surface area contributed by atoms with E-state index in [0.717, 1.165) is 23.1 Å². The van der Waals surface area contributed by atoms with Crippen LogP contribution in [0.5, 0.6) is 0 Å². The van der Waals surface area contributed by atoms with E-state index in [4.69, 9.17) is 4.74 Å². The number of H-pyrrole nitrogens is 1. The second-order valence-corrected chi connectivity index (χ2v) is 3.90. The maximum absolute atomic E-state index is 13.1. The van der Waals surface area contributed by atoms with Gasteiger partial charge in [-0.25, -0.2) is 4.39 Å². The molecule has 0 radical (unpaired) electrons. The normalized spacial score (nSPS) is 15.1. The van der Waals surface area contributed by atoms with E-state index in [1.54, 1.807) is 6.07 Å². The fraction of sp³-hybridized carbons (Fsp3) is 0.250. The van der Waals surface area contributed by atoms with Crippen molar-refractivity contribution in [1.82, 2.24) is 4.98 Å². The van der Waals surface area contributed by atoms with Gasteiger partial charge in [-0.2, -0.15) is 0 Å². The van der Waals surface area contributed by atoms with E-state index in [1.807, 2.05) is 0 Å². The summed E-state index contributed by atoms with van der Waals surface area (Å²) >= 11 is 0. The number of benzene rings is 1. The van der Waals surface area contributed by atoms with E-state index in [1.165, 1.54) is 12.1 Å². The topological polar surface area (TPSA) is 42.1 Å². The summed E-state index contributed by atoms with van der Waals surface area (Å²) in [5.74, 6) is -0.384. The van der Waals surface area contributed by atoms with Gasteiger partial charge in [-0.05, 0) is 29.5 Å². The number of fused-ring (bicyclic) bond motifs is 3. The monoisotopic (exact) mass is 219 g/mol. The molecule has 16 heavy (non-hydrogen) atoms. The molecule has 2 aromatic rings. The van der Waals surface area contributed by atoms with Gasteiger partial charge in [0.2, 0.25) is 0 Å². The van der Waals surface area contributed by atoms with Crippen molar-refractivity contribution in [3.05, 3.63) is 45.6 Å². The van der Waals surface area contributed by atoms with Gasteiger partial charge >= 0.3 is 0 Å². The summed E-state index contributed by atoms with van der Waals surface area (Å²) < 4.78 is 18.4. The van der Waals surface area contributed by atoms with Crippen molar-refractivity contribution in [1.29, 1.82) is 0 Å². The maximum atomic E-state index is 13.1. The lowest BCUT2D eigenvalue weighted by atomic mass is 10.0. The van der Waals surface area contributed by atoms with Gasteiger partial charge in [0.1, 0.15) is 5.82 Å². The molecule has 0 saturated heterocycles. The molecule has 2 heterocycles. The second kappa shape index (κ2) is 3.42. The van der Waals surface area contributed by atoms with Crippen molar-refractivity contribution in [3.8, 4) is 0 Å². The number of aromatic nitrogens is 1. The van der Waals surface area contributed by atoms with Gasteiger partial charge in [-0.15, -0.1) is 0 Å². The number of hydrogen-bond donors (Lipinski definition) is 1. The largest absolute Gasteiger partial charge is 0.375 e. The van der Waals surface area contributed by atoms with Crippen LogP contribution in [0.2, 0.25) is 0 Å². The van der Waals surface area contributed by atoms with E-state index < -0.39 is 0 Å². The van der Waals surface area contributed by atoms with Crippen LogP contribution in [0.15, 0.2) is 23.0 Å². The van der Waals surface area contributed by atoms with Crippen LogP contribution in [0.1, 0.15) is 11.3 Å². The summed E-state index contributed by atoms with van der Waals surface area (Å²) in [5.41, 5.74) is 1.63. The van der Waals surface area contributed by atoms with Crippen LogP contribution in [-0.2, 0) is 17.8 Å². The number of nitrogens with one attached hydrogen (secondary N) is 1. The lowest BCUT2D eigenvalue weighted by Gasteiger charge is -2.17. The van der Waals surface area contributed by atoms with Crippen LogP contribution in [0, 0.1) is 5.82 Å². The molecule has 3 rings (SSSR count). The summed E-state index contributed by atoms with van der Waals surface area (Å²) in [6.07, 6.45) is 0.758. The van der Waals surface area contributed by atoms with Crippen molar-refractivity contribution in [2.45, 2.75) is 13.0 Å². The Labute approximate surface area is 90.9 Å². The summed E-state index contributed by atoms with van der Waals surface area (Å²) in [4.78, 5) is 14.5. The van der Waals surface area contributed by atoms with Gasteiger partial charge in [0.05, 0.1) is 18.6 Å². The van der Waals surface area contributed by atoms with Crippen LogP contribution in [0.25, 0.3) is 10.8 Å². The molecule has 0 aliphatic carbocycles. The Kier molecular flexibility index (Phi) is 2.04. The highest BCUT2D eigenvalue weighted by molar-refractivity contribution is 5.85. The molecule has 1 aromatic carbocycles. The Morgan fingerprint density at radius 1 is 1.31 bits per heavy atom.